The molecule has 0 aliphatic heterocycles. The molecule has 0 saturated heterocycles. The van der Waals surface area contributed by atoms with Crippen LogP contribution in [0, 0.1) is 0 Å². The van der Waals surface area contributed by atoms with Crippen molar-refractivity contribution >= 4 is 5.97 Å². The van der Waals surface area contributed by atoms with E-state index in [2.05, 4.69) is 34.7 Å². The largest absolute Gasteiger partial charge is 0.476 e. The molecule has 2 rings (SSSR count). The molecule has 2 aromatic rings. The molecule has 0 radical (unpaired) electrons. The average Bonchev–Trinajstić information content (AvgIpc) is 2.89. The lowest BCUT2D eigenvalue weighted by Crippen LogP contribution is -2.23. The Morgan fingerprint density at radius 3 is 2.79 bits per heavy atom. The van der Waals surface area contributed by atoms with Crippen molar-refractivity contribution in [2.24, 2.45) is 0 Å². The predicted molar refractivity (Wildman–Crippen MR) is 69.8 cm³/mol. The van der Waals surface area contributed by atoms with Crippen LogP contribution in [-0.4, -0.2) is 32.6 Å². The van der Waals surface area contributed by atoms with Crippen molar-refractivity contribution in [1.29, 1.82) is 0 Å². The molecule has 1 atom stereocenters. The highest BCUT2D eigenvalue weighted by molar-refractivity contribution is 5.84. The Kier molecular flexibility index (Phi) is 4.25. The number of benzene rings is 1. The third-order valence-corrected chi connectivity index (χ3v) is 2.85. The van der Waals surface area contributed by atoms with Crippen molar-refractivity contribution in [3.63, 3.8) is 0 Å². The summed E-state index contributed by atoms with van der Waals surface area (Å²) in [6.45, 7) is 3.36. The van der Waals surface area contributed by atoms with Crippen LogP contribution in [-0.2, 0) is 6.54 Å². The van der Waals surface area contributed by atoms with E-state index < -0.39 is 5.97 Å². The van der Waals surface area contributed by atoms with Gasteiger partial charge in [0.1, 0.15) is 0 Å². The number of aromatic carboxylic acids is 1. The summed E-state index contributed by atoms with van der Waals surface area (Å²) in [6.07, 6.45) is 1.43. The van der Waals surface area contributed by atoms with E-state index in [4.69, 9.17) is 5.11 Å². The standard InChI is InChI=1S/C13H16N4O2/c1-10(11-5-3-2-4-6-11)14-7-8-17-9-12(13(18)19)15-16-17/h2-6,9-10,14H,7-8H2,1H3,(H,18,19). The molecular weight excluding hydrogens is 244 g/mol. The molecule has 1 aromatic heterocycles. The summed E-state index contributed by atoms with van der Waals surface area (Å²) in [7, 11) is 0. The van der Waals surface area contributed by atoms with Gasteiger partial charge in [-0.15, -0.1) is 5.10 Å². The van der Waals surface area contributed by atoms with Crippen LogP contribution in [0.2, 0.25) is 0 Å². The quantitative estimate of drug-likeness (QED) is 0.819. The lowest BCUT2D eigenvalue weighted by atomic mass is 10.1. The molecule has 1 aromatic carbocycles. The van der Waals surface area contributed by atoms with Gasteiger partial charge in [0.15, 0.2) is 5.69 Å². The van der Waals surface area contributed by atoms with Crippen LogP contribution in [0.15, 0.2) is 36.5 Å². The van der Waals surface area contributed by atoms with Gasteiger partial charge in [-0.05, 0) is 12.5 Å². The number of carbonyl (C=O) groups is 1. The molecule has 1 heterocycles. The first-order chi connectivity index (χ1) is 9.16. The molecule has 100 valence electrons. The molecule has 0 fully saturated rings. The minimum absolute atomic E-state index is 0.0314. The number of rotatable bonds is 6. The zero-order valence-corrected chi connectivity index (χ0v) is 10.7. The Labute approximate surface area is 111 Å². The van der Waals surface area contributed by atoms with E-state index in [0.29, 0.717) is 13.1 Å². The minimum atomic E-state index is -1.06. The van der Waals surface area contributed by atoms with Gasteiger partial charge in [0, 0.05) is 12.6 Å². The van der Waals surface area contributed by atoms with Gasteiger partial charge in [0.25, 0.3) is 0 Å². The second-order valence-corrected chi connectivity index (χ2v) is 4.26. The SMILES string of the molecule is CC(NCCn1cc(C(=O)O)nn1)c1ccccc1. The minimum Gasteiger partial charge on any atom is -0.476 e. The van der Waals surface area contributed by atoms with Gasteiger partial charge >= 0.3 is 5.97 Å². The zero-order chi connectivity index (χ0) is 13.7. The monoisotopic (exact) mass is 260 g/mol. The first-order valence-corrected chi connectivity index (χ1v) is 6.08. The fourth-order valence-corrected chi connectivity index (χ4v) is 1.76. The van der Waals surface area contributed by atoms with Crippen molar-refractivity contribution in [2.75, 3.05) is 6.54 Å². The number of aromatic nitrogens is 3. The maximum absolute atomic E-state index is 10.6. The van der Waals surface area contributed by atoms with Gasteiger partial charge in [-0.3, -0.25) is 4.68 Å². The predicted octanol–water partition coefficient (Wildman–Crippen LogP) is 1.33. The summed E-state index contributed by atoms with van der Waals surface area (Å²) >= 11 is 0. The van der Waals surface area contributed by atoms with E-state index in [-0.39, 0.29) is 11.7 Å². The Morgan fingerprint density at radius 1 is 1.42 bits per heavy atom. The molecule has 6 heteroatoms. The van der Waals surface area contributed by atoms with E-state index >= 15 is 0 Å². The molecule has 1 unspecified atom stereocenters. The van der Waals surface area contributed by atoms with Crippen molar-refractivity contribution in [2.45, 2.75) is 19.5 Å². The Balaban J connectivity index is 1.81. The van der Waals surface area contributed by atoms with E-state index in [1.54, 1.807) is 0 Å². The lowest BCUT2D eigenvalue weighted by Gasteiger charge is -2.13. The zero-order valence-electron chi connectivity index (χ0n) is 10.7. The van der Waals surface area contributed by atoms with E-state index in [0.717, 1.165) is 0 Å². The van der Waals surface area contributed by atoms with Crippen LogP contribution >= 0.6 is 0 Å². The van der Waals surface area contributed by atoms with Crippen molar-refractivity contribution < 1.29 is 9.90 Å². The van der Waals surface area contributed by atoms with Crippen molar-refractivity contribution in [1.82, 2.24) is 20.3 Å². The highest BCUT2D eigenvalue weighted by Crippen LogP contribution is 2.10. The molecule has 19 heavy (non-hydrogen) atoms. The smallest absolute Gasteiger partial charge is 0.358 e. The molecular formula is C13H16N4O2. The molecule has 0 bridgehead atoms. The third kappa shape index (κ3) is 3.62. The normalized spacial score (nSPS) is 12.3. The molecule has 0 spiro atoms. The number of nitrogens with zero attached hydrogens (tertiary/aromatic N) is 3. The number of nitrogens with one attached hydrogen (secondary N) is 1. The first-order valence-electron chi connectivity index (χ1n) is 6.08. The highest BCUT2D eigenvalue weighted by Gasteiger charge is 2.08. The van der Waals surface area contributed by atoms with Crippen LogP contribution in [0.1, 0.15) is 29.0 Å². The van der Waals surface area contributed by atoms with Crippen molar-refractivity contribution in [3.05, 3.63) is 47.8 Å². The Hall–Kier alpha value is -2.21. The van der Waals surface area contributed by atoms with Gasteiger partial charge in [-0.25, -0.2) is 4.79 Å². The fraction of sp³-hybridized carbons (Fsp3) is 0.308. The van der Waals surface area contributed by atoms with Gasteiger partial charge in [-0.1, -0.05) is 35.5 Å². The summed E-state index contributed by atoms with van der Waals surface area (Å²) in [5.41, 5.74) is 1.18. The first kappa shape index (κ1) is 13.2. The summed E-state index contributed by atoms with van der Waals surface area (Å²) in [4.78, 5) is 10.6. The van der Waals surface area contributed by atoms with E-state index in [9.17, 15) is 4.79 Å². The number of carboxylic acids is 1. The number of hydrogen-bond donors (Lipinski definition) is 2. The highest BCUT2D eigenvalue weighted by atomic mass is 16.4. The molecule has 0 aliphatic carbocycles. The fourth-order valence-electron chi connectivity index (χ4n) is 1.76. The van der Waals surface area contributed by atoms with Crippen LogP contribution in [0.25, 0.3) is 0 Å². The van der Waals surface area contributed by atoms with Crippen LogP contribution in [0.5, 0.6) is 0 Å². The van der Waals surface area contributed by atoms with Gasteiger partial charge in [0.2, 0.25) is 0 Å². The molecule has 0 saturated carbocycles. The molecule has 6 nitrogen and oxygen atoms in total. The van der Waals surface area contributed by atoms with Gasteiger partial charge in [0.05, 0.1) is 12.7 Å². The topological polar surface area (TPSA) is 80.0 Å². The summed E-state index contributed by atoms with van der Waals surface area (Å²) in [6, 6.07) is 10.4. The lowest BCUT2D eigenvalue weighted by molar-refractivity contribution is 0.0690. The second kappa shape index (κ2) is 6.10. The molecule has 2 N–H and O–H groups in total. The van der Waals surface area contributed by atoms with Crippen LogP contribution < -0.4 is 5.32 Å². The maximum atomic E-state index is 10.6. The summed E-state index contributed by atoms with van der Waals surface area (Å²) in [5, 5.41) is 19.4. The maximum Gasteiger partial charge on any atom is 0.358 e. The Morgan fingerprint density at radius 2 is 2.16 bits per heavy atom. The van der Waals surface area contributed by atoms with Crippen LogP contribution in [0.3, 0.4) is 0 Å². The number of hydrogen-bond acceptors (Lipinski definition) is 4. The second-order valence-electron chi connectivity index (χ2n) is 4.26. The van der Waals surface area contributed by atoms with E-state index in [1.165, 1.54) is 16.4 Å². The van der Waals surface area contributed by atoms with Gasteiger partial charge in [-0.2, -0.15) is 0 Å². The Bertz CT molecular complexity index is 539. The third-order valence-electron chi connectivity index (χ3n) is 2.85. The van der Waals surface area contributed by atoms with E-state index in [1.807, 2.05) is 18.2 Å². The summed E-state index contributed by atoms with van der Waals surface area (Å²) < 4.78 is 1.52. The van der Waals surface area contributed by atoms with Crippen LogP contribution in [0.4, 0.5) is 0 Å². The van der Waals surface area contributed by atoms with Crippen molar-refractivity contribution in [3.8, 4) is 0 Å². The summed E-state index contributed by atoms with van der Waals surface area (Å²) in [5.74, 6) is -1.06. The van der Waals surface area contributed by atoms with Gasteiger partial charge < -0.3 is 10.4 Å². The molecule has 0 amide bonds. The average molecular weight is 260 g/mol. The molecule has 0 aliphatic rings. The number of carboxylic acid groups (broad SMARTS) is 1.